The van der Waals surface area contributed by atoms with Crippen LogP contribution < -0.4 is 9.64 Å². The molecule has 1 aliphatic rings. The molecule has 0 saturated heterocycles. The quantitative estimate of drug-likeness (QED) is 0.743. The van der Waals surface area contributed by atoms with Crippen molar-refractivity contribution < 1.29 is 14.3 Å². The SMILES string of the molecule is COC(=O)CCN(C)c1ccc2c(c1)CCO2. The molecule has 1 aromatic rings. The highest BCUT2D eigenvalue weighted by Gasteiger charge is 2.13. The highest BCUT2D eigenvalue weighted by molar-refractivity contribution is 5.70. The molecule has 0 fully saturated rings. The normalized spacial score (nSPS) is 12.8. The Balaban J connectivity index is 1.99. The van der Waals surface area contributed by atoms with E-state index in [0.717, 1.165) is 24.5 Å². The third kappa shape index (κ3) is 2.70. The van der Waals surface area contributed by atoms with Crippen LogP contribution in [0.4, 0.5) is 5.69 Å². The van der Waals surface area contributed by atoms with Gasteiger partial charge in [0.15, 0.2) is 0 Å². The van der Waals surface area contributed by atoms with Crippen molar-refractivity contribution in [3.63, 3.8) is 0 Å². The molecule has 1 heterocycles. The van der Waals surface area contributed by atoms with Gasteiger partial charge >= 0.3 is 5.97 Å². The van der Waals surface area contributed by atoms with E-state index < -0.39 is 0 Å². The molecular formula is C13H17NO3. The first-order chi connectivity index (χ1) is 8.20. The predicted octanol–water partition coefficient (Wildman–Crippen LogP) is 1.62. The van der Waals surface area contributed by atoms with Crippen molar-refractivity contribution in [2.24, 2.45) is 0 Å². The third-order valence-electron chi connectivity index (χ3n) is 2.99. The number of carbonyl (C=O) groups is 1. The van der Waals surface area contributed by atoms with E-state index in [1.807, 2.05) is 19.2 Å². The summed E-state index contributed by atoms with van der Waals surface area (Å²) in [5.41, 5.74) is 2.35. The molecule has 0 aliphatic carbocycles. The van der Waals surface area contributed by atoms with Crippen LogP contribution in [0.3, 0.4) is 0 Å². The van der Waals surface area contributed by atoms with E-state index in [1.54, 1.807) is 0 Å². The fourth-order valence-corrected chi connectivity index (χ4v) is 1.90. The molecule has 0 amide bonds. The second kappa shape index (κ2) is 5.08. The molecule has 1 aliphatic heterocycles. The number of nitrogens with zero attached hydrogens (tertiary/aromatic N) is 1. The van der Waals surface area contributed by atoms with Gasteiger partial charge in [0.05, 0.1) is 20.1 Å². The van der Waals surface area contributed by atoms with Crippen LogP contribution in [0.25, 0.3) is 0 Å². The Morgan fingerprint density at radius 3 is 3.12 bits per heavy atom. The van der Waals surface area contributed by atoms with E-state index in [1.165, 1.54) is 12.7 Å². The van der Waals surface area contributed by atoms with Gasteiger partial charge in [-0.15, -0.1) is 0 Å². The number of anilines is 1. The Kier molecular flexibility index (Phi) is 3.52. The number of benzene rings is 1. The molecule has 0 unspecified atom stereocenters. The largest absolute Gasteiger partial charge is 0.493 e. The van der Waals surface area contributed by atoms with Gasteiger partial charge in [-0.25, -0.2) is 0 Å². The van der Waals surface area contributed by atoms with Gasteiger partial charge in [0, 0.05) is 25.7 Å². The smallest absolute Gasteiger partial charge is 0.307 e. The maximum Gasteiger partial charge on any atom is 0.307 e. The molecule has 0 aromatic heterocycles. The van der Waals surface area contributed by atoms with Crippen molar-refractivity contribution in [3.05, 3.63) is 23.8 Å². The number of carbonyl (C=O) groups excluding carboxylic acids is 1. The van der Waals surface area contributed by atoms with E-state index in [9.17, 15) is 4.79 Å². The highest BCUT2D eigenvalue weighted by Crippen LogP contribution is 2.29. The van der Waals surface area contributed by atoms with Crippen LogP contribution in [-0.2, 0) is 16.0 Å². The Labute approximate surface area is 101 Å². The molecule has 0 radical (unpaired) electrons. The molecular weight excluding hydrogens is 218 g/mol. The number of fused-ring (bicyclic) bond motifs is 1. The zero-order valence-electron chi connectivity index (χ0n) is 10.2. The van der Waals surface area contributed by atoms with Crippen LogP contribution in [0, 0.1) is 0 Å². The van der Waals surface area contributed by atoms with Gasteiger partial charge in [-0.1, -0.05) is 0 Å². The van der Waals surface area contributed by atoms with E-state index in [-0.39, 0.29) is 5.97 Å². The van der Waals surface area contributed by atoms with Crippen LogP contribution in [0.15, 0.2) is 18.2 Å². The van der Waals surface area contributed by atoms with Gasteiger partial charge in [-0.05, 0) is 23.8 Å². The zero-order chi connectivity index (χ0) is 12.3. The fraction of sp³-hybridized carbons (Fsp3) is 0.462. The van der Waals surface area contributed by atoms with Crippen LogP contribution in [0.5, 0.6) is 5.75 Å². The minimum Gasteiger partial charge on any atom is -0.493 e. The number of ether oxygens (including phenoxy) is 2. The van der Waals surface area contributed by atoms with Crippen molar-refractivity contribution in [2.45, 2.75) is 12.8 Å². The number of esters is 1. The summed E-state index contributed by atoms with van der Waals surface area (Å²) >= 11 is 0. The Bertz CT molecular complexity index is 417. The molecule has 0 spiro atoms. The summed E-state index contributed by atoms with van der Waals surface area (Å²) in [6.45, 7) is 1.43. The molecule has 4 heteroatoms. The van der Waals surface area contributed by atoms with Crippen molar-refractivity contribution >= 4 is 11.7 Å². The lowest BCUT2D eigenvalue weighted by molar-refractivity contribution is -0.140. The minimum absolute atomic E-state index is 0.179. The van der Waals surface area contributed by atoms with Crippen molar-refractivity contribution in [3.8, 4) is 5.75 Å². The van der Waals surface area contributed by atoms with Crippen LogP contribution in [0.2, 0.25) is 0 Å². The summed E-state index contributed by atoms with van der Waals surface area (Å²) in [7, 11) is 3.38. The van der Waals surface area contributed by atoms with Crippen LogP contribution in [-0.4, -0.2) is 33.3 Å². The summed E-state index contributed by atoms with van der Waals surface area (Å²) in [4.78, 5) is 13.1. The predicted molar refractivity (Wildman–Crippen MR) is 65.5 cm³/mol. The number of rotatable bonds is 4. The summed E-state index contributed by atoms with van der Waals surface area (Å²) < 4.78 is 10.1. The maximum absolute atomic E-state index is 11.1. The zero-order valence-corrected chi connectivity index (χ0v) is 10.2. The molecule has 0 bridgehead atoms. The van der Waals surface area contributed by atoms with Gasteiger partial charge in [0.25, 0.3) is 0 Å². The number of hydrogen-bond acceptors (Lipinski definition) is 4. The van der Waals surface area contributed by atoms with Gasteiger partial charge in [0.2, 0.25) is 0 Å². The molecule has 0 saturated carbocycles. The van der Waals surface area contributed by atoms with Gasteiger partial charge in [-0.2, -0.15) is 0 Å². The summed E-state index contributed by atoms with van der Waals surface area (Å²) in [6, 6.07) is 6.13. The second-order valence-electron chi connectivity index (χ2n) is 4.14. The number of hydrogen-bond donors (Lipinski definition) is 0. The number of methoxy groups -OCH3 is 1. The lowest BCUT2D eigenvalue weighted by atomic mass is 10.1. The van der Waals surface area contributed by atoms with Crippen LogP contribution >= 0.6 is 0 Å². The average molecular weight is 235 g/mol. The first-order valence-corrected chi connectivity index (χ1v) is 5.74. The summed E-state index contributed by atoms with van der Waals surface area (Å²) in [5.74, 6) is 0.802. The van der Waals surface area contributed by atoms with Crippen molar-refractivity contribution in [1.29, 1.82) is 0 Å². The molecule has 0 atom stereocenters. The molecule has 0 N–H and O–H groups in total. The lowest BCUT2D eigenvalue weighted by Gasteiger charge is -2.19. The van der Waals surface area contributed by atoms with Crippen molar-refractivity contribution in [1.82, 2.24) is 0 Å². The molecule has 2 rings (SSSR count). The van der Waals surface area contributed by atoms with Gasteiger partial charge in [-0.3, -0.25) is 4.79 Å². The Morgan fingerprint density at radius 2 is 2.35 bits per heavy atom. The van der Waals surface area contributed by atoms with E-state index in [4.69, 9.17) is 4.74 Å². The summed E-state index contributed by atoms with van der Waals surface area (Å²) in [6.07, 6.45) is 1.37. The second-order valence-corrected chi connectivity index (χ2v) is 4.14. The summed E-state index contributed by atoms with van der Waals surface area (Å²) in [5, 5.41) is 0. The van der Waals surface area contributed by atoms with Crippen LogP contribution in [0.1, 0.15) is 12.0 Å². The van der Waals surface area contributed by atoms with E-state index in [2.05, 4.69) is 15.7 Å². The standard InChI is InChI=1S/C13H17NO3/c1-14(7-5-13(15)16-2)11-3-4-12-10(9-11)6-8-17-12/h3-4,9H,5-8H2,1-2H3. The Morgan fingerprint density at radius 1 is 1.53 bits per heavy atom. The first kappa shape index (κ1) is 11.8. The molecule has 4 nitrogen and oxygen atoms in total. The molecule has 1 aromatic carbocycles. The molecule has 17 heavy (non-hydrogen) atoms. The Hall–Kier alpha value is -1.71. The topological polar surface area (TPSA) is 38.8 Å². The molecule has 92 valence electrons. The van der Waals surface area contributed by atoms with E-state index in [0.29, 0.717) is 13.0 Å². The fourth-order valence-electron chi connectivity index (χ4n) is 1.90. The van der Waals surface area contributed by atoms with Gasteiger partial charge < -0.3 is 14.4 Å². The third-order valence-corrected chi connectivity index (χ3v) is 2.99. The lowest BCUT2D eigenvalue weighted by Crippen LogP contribution is -2.21. The van der Waals surface area contributed by atoms with Crippen molar-refractivity contribution in [2.75, 3.05) is 32.2 Å². The highest BCUT2D eigenvalue weighted by atomic mass is 16.5. The van der Waals surface area contributed by atoms with Gasteiger partial charge in [0.1, 0.15) is 5.75 Å². The first-order valence-electron chi connectivity index (χ1n) is 5.74. The maximum atomic E-state index is 11.1. The monoisotopic (exact) mass is 235 g/mol. The minimum atomic E-state index is -0.179. The average Bonchev–Trinajstić information content (AvgIpc) is 2.82. The van der Waals surface area contributed by atoms with E-state index >= 15 is 0 Å².